The summed E-state index contributed by atoms with van der Waals surface area (Å²) in [4.78, 5) is 0. The van der Waals surface area contributed by atoms with Gasteiger partial charge in [-0.15, -0.1) is 0 Å². The van der Waals surface area contributed by atoms with Crippen LogP contribution in [0.5, 0.6) is 0 Å². The molecule has 0 spiro atoms. The van der Waals surface area contributed by atoms with Gasteiger partial charge in [0.15, 0.2) is 0 Å². The average molecular weight is 197 g/mol. The summed E-state index contributed by atoms with van der Waals surface area (Å²) in [5.74, 6) is 1.43. The molecule has 1 saturated carbocycles. The third kappa shape index (κ3) is 1.44. The van der Waals surface area contributed by atoms with Crippen LogP contribution in [0, 0.1) is 5.92 Å². The molecule has 0 amide bonds. The van der Waals surface area contributed by atoms with Crippen molar-refractivity contribution in [3.63, 3.8) is 0 Å². The van der Waals surface area contributed by atoms with Crippen LogP contribution in [-0.4, -0.2) is 6.54 Å². The highest BCUT2D eigenvalue weighted by Crippen LogP contribution is 2.48. The maximum Gasteiger partial charge on any atom is -0.00428 e. The molecule has 1 heteroatoms. The van der Waals surface area contributed by atoms with Crippen LogP contribution in [0.2, 0.25) is 0 Å². The van der Waals surface area contributed by atoms with Gasteiger partial charge in [0, 0.05) is 0 Å². The quantitative estimate of drug-likeness (QED) is 0.787. The number of nitrogens with two attached hydrogens (primary N) is 1. The molecule has 0 bridgehead atoms. The number of rotatable bonds is 2. The predicted octanol–water partition coefficient (Wildman–Crippen LogP) is 2.90. The first kappa shape index (κ1) is 8.93. The van der Waals surface area contributed by atoms with Crippen molar-refractivity contribution in [2.24, 2.45) is 11.7 Å². The largest absolute Gasteiger partial charge is 0.330 e. The Kier molecular flexibility index (Phi) is 2.00. The fourth-order valence-electron chi connectivity index (χ4n) is 2.46. The van der Waals surface area contributed by atoms with Crippen molar-refractivity contribution in [1.82, 2.24) is 0 Å². The van der Waals surface area contributed by atoms with E-state index < -0.39 is 0 Å². The third-order valence-electron chi connectivity index (χ3n) is 3.45. The van der Waals surface area contributed by atoms with Crippen molar-refractivity contribution in [2.45, 2.75) is 12.3 Å². The number of hydrogen-bond acceptors (Lipinski definition) is 1. The molecule has 2 unspecified atom stereocenters. The topological polar surface area (TPSA) is 26.0 Å². The zero-order valence-electron chi connectivity index (χ0n) is 8.69. The second-order valence-corrected chi connectivity index (χ2v) is 4.41. The Hall–Kier alpha value is -1.34. The van der Waals surface area contributed by atoms with E-state index in [2.05, 4.69) is 42.5 Å². The van der Waals surface area contributed by atoms with Crippen molar-refractivity contribution in [3.05, 3.63) is 48.0 Å². The maximum absolute atomic E-state index is 5.71. The molecule has 76 valence electrons. The standard InChI is InChI=1S/C14H15N/c15-9-11-8-14(11)13-7-3-5-10-4-1-2-6-12(10)13/h1-7,11,14H,8-9,15H2. The first-order chi connectivity index (χ1) is 7.40. The minimum Gasteiger partial charge on any atom is -0.330 e. The van der Waals surface area contributed by atoms with E-state index in [1.54, 1.807) is 0 Å². The molecule has 1 aliphatic carbocycles. The zero-order chi connectivity index (χ0) is 10.3. The van der Waals surface area contributed by atoms with Gasteiger partial charge in [-0.3, -0.25) is 0 Å². The van der Waals surface area contributed by atoms with E-state index in [0.29, 0.717) is 5.92 Å². The van der Waals surface area contributed by atoms with Gasteiger partial charge in [0.05, 0.1) is 0 Å². The molecular formula is C14H15N. The smallest absolute Gasteiger partial charge is 0.00428 e. The molecule has 1 fully saturated rings. The maximum atomic E-state index is 5.71. The number of benzene rings is 2. The Balaban J connectivity index is 2.11. The van der Waals surface area contributed by atoms with Crippen LogP contribution in [0.15, 0.2) is 42.5 Å². The van der Waals surface area contributed by atoms with Crippen molar-refractivity contribution in [2.75, 3.05) is 6.54 Å². The number of fused-ring (bicyclic) bond motifs is 1. The van der Waals surface area contributed by atoms with Gasteiger partial charge in [-0.25, -0.2) is 0 Å². The van der Waals surface area contributed by atoms with Gasteiger partial charge in [0.1, 0.15) is 0 Å². The summed E-state index contributed by atoms with van der Waals surface area (Å²) in [6.45, 7) is 0.827. The van der Waals surface area contributed by atoms with E-state index in [1.165, 1.54) is 22.8 Å². The molecule has 0 saturated heterocycles. The SMILES string of the molecule is NCC1CC1c1cccc2ccccc12. The summed E-state index contributed by atoms with van der Waals surface area (Å²) >= 11 is 0. The fourth-order valence-corrected chi connectivity index (χ4v) is 2.46. The van der Waals surface area contributed by atoms with E-state index in [-0.39, 0.29) is 0 Å². The van der Waals surface area contributed by atoms with Crippen molar-refractivity contribution < 1.29 is 0 Å². The van der Waals surface area contributed by atoms with Gasteiger partial charge in [0.25, 0.3) is 0 Å². The van der Waals surface area contributed by atoms with E-state index in [1.807, 2.05) is 0 Å². The Labute approximate surface area is 89.9 Å². The predicted molar refractivity (Wildman–Crippen MR) is 63.9 cm³/mol. The highest BCUT2D eigenvalue weighted by molar-refractivity contribution is 5.86. The lowest BCUT2D eigenvalue weighted by molar-refractivity contribution is 0.812. The highest BCUT2D eigenvalue weighted by Gasteiger charge is 2.37. The molecule has 1 nitrogen and oxygen atoms in total. The monoisotopic (exact) mass is 197 g/mol. The highest BCUT2D eigenvalue weighted by atomic mass is 14.6. The van der Waals surface area contributed by atoms with Crippen LogP contribution < -0.4 is 5.73 Å². The van der Waals surface area contributed by atoms with Gasteiger partial charge < -0.3 is 5.73 Å². The molecule has 2 N–H and O–H groups in total. The molecule has 0 heterocycles. The summed E-state index contributed by atoms with van der Waals surface area (Å²) in [6.07, 6.45) is 1.27. The minimum absolute atomic E-state index is 0.709. The first-order valence-electron chi connectivity index (χ1n) is 5.58. The Morgan fingerprint density at radius 2 is 1.87 bits per heavy atom. The molecule has 1 aliphatic rings. The summed E-state index contributed by atoms with van der Waals surface area (Å²) in [6, 6.07) is 15.2. The fraction of sp³-hybridized carbons (Fsp3) is 0.286. The Morgan fingerprint density at radius 1 is 1.07 bits per heavy atom. The molecule has 2 aromatic carbocycles. The van der Waals surface area contributed by atoms with Gasteiger partial charge in [-0.05, 0) is 41.1 Å². The molecule has 2 atom stereocenters. The Bertz CT molecular complexity index is 484. The van der Waals surface area contributed by atoms with Gasteiger partial charge >= 0.3 is 0 Å². The molecule has 2 aromatic rings. The molecule has 0 aromatic heterocycles. The lowest BCUT2D eigenvalue weighted by atomic mass is 10.0. The summed E-state index contributed by atoms with van der Waals surface area (Å²) < 4.78 is 0. The van der Waals surface area contributed by atoms with E-state index in [4.69, 9.17) is 5.73 Å². The average Bonchev–Trinajstić information content (AvgIpc) is 3.07. The summed E-state index contributed by atoms with van der Waals surface area (Å²) in [7, 11) is 0. The van der Waals surface area contributed by atoms with Crippen LogP contribution in [0.3, 0.4) is 0 Å². The second-order valence-electron chi connectivity index (χ2n) is 4.41. The van der Waals surface area contributed by atoms with Crippen LogP contribution in [0.4, 0.5) is 0 Å². The van der Waals surface area contributed by atoms with Crippen molar-refractivity contribution >= 4 is 10.8 Å². The van der Waals surface area contributed by atoms with Crippen LogP contribution >= 0.6 is 0 Å². The second kappa shape index (κ2) is 3.35. The van der Waals surface area contributed by atoms with Crippen LogP contribution in [0.1, 0.15) is 17.9 Å². The van der Waals surface area contributed by atoms with Gasteiger partial charge in [-0.1, -0.05) is 42.5 Å². The molecular weight excluding hydrogens is 182 g/mol. The number of hydrogen-bond donors (Lipinski definition) is 1. The molecule has 3 rings (SSSR count). The first-order valence-corrected chi connectivity index (χ1v) is 5.58. The summed E-state index contributed by atoms with van der Waals surface area (Å²) in [5, 5.41) is 2.75. The molecule has 0 radical (unpaired) electrons. The van der Waals surface area contributed by atoms with Crippen molar-refractivity contribution in [3.8, 4) is 0 Å². The van der Waals surface area contributed by atoms with E-state index >= 15 is 0 Å². The summed E-state index contributed by atoms with van der Waals surface area (Å²) in [5.41, 5.74) is 7.20. The third-order valence-corrected chi connectivity index (χ3v) is 3.45. The van der Waals surface area contributed by atoms with E-state index in [9.17, 15) is 0 Å². The van der Waals surface area contributed by atoms with Crippen LogP contribution in [0.25, 0.3) is 10.8 Å². The molecule has 0 aliphatic heterocycles. The Morgan fingerprint density at radius 3 is 2.67 bits per heavy atom. The lowest BCUT2D eigenvalue weighted by Crippen LogP contribution is -2.02. The minimum atomic E-state index is 0.709. The van der Waals surface area contributed by atoms with E-state index in [0.717, 1.165) is 12.5 Å². The normalized spacial score (nSPS) is 24.3. The zero-order valence-corrected chi connectivity index (χ0v) is 8.69. The van der Waals surface area contributed by atoms with Gasteiger partial charge in [-0.2, -0.15) is 0 Å². The van der Waals surface area contributed by atoms with Crippen LogP contribution in [-0.2, 0) is 0 Å². The lowest BCUT2D eigenvalue weighted by Gasteiger charge is -2.05. The van der Waals surface area contributed by atoms with Gasteiger partial charge in [0.2, 0.25) is 0 Å². The molecule has 15 heavy (non-hydrogen) atoms. The van der Waals surface area contributed by atoms with Crippen molar-refractivity contribution in [1.29, 1.82) is 0 Å².